The van der Waals surface area contributed by atoms with Crippen molar-refractivity contribution in [1.29, 1.82) is 0 Å². The van der Waals surface area contributed by atoms with E-state index in [-0.39, 0.29) is 12.5 Å². The van der Waals surface area contributed by atoms with Crippen LogP contribution >= 0.6 is 0 Å². The standard InChI is InChI=1S/C20H24N2O3/c1-4-15(3)17-7-5-6-8-18(17)25-13-19(23)21-22-20(24)16-11-9-14(2)10-12-16/h5-12,15H,4,13H2,1-3H3,(H,21,23)(H,22,24). The van der Waals surface area contributed by atoms with Gasteiger partial charge in [0.1, 0.15) is 5.75 Å². The van der Waals surface area contributed by atoms with E-state index < -0.39 is 5.91 Å². The highest BCUT2D eigenvalue weighted by atomic mass is 16.5. The van der Waals surface area contributed by atoms with Crippen LogP contribution in [-0.2, 0) is 4.79 Å². The SMILES string of the molecule is CCC(C)c1ccccc1OCC(=O)NNC(=O)c1ccc(C)cc1. The number of carbonyl (C=O) groups is 2. The number of amides is 2. The second-order valence-corrected chi connectivity index (χ2v) is 6.00. The van der Waals surface area contributed by atoms with Gasteiger partial charge in [0.2, 0.25) is 0 Å². The molecule has 1 atom stereocenters. The Balaban J connectivity index is 1.85. The molecule has 0 aromatic heterocycles. The molecular weight excluding hydrogens is 316 g/mol. The van der Waals surface area contributed by atoms with Gasteiger partial charge in [0.25, 0.3) is 11.8 Å². The van der Waals surface area contributed by atoms with Gasteiger partial charge in [-0.15, -0.1) is 0 Å². The van der Waals surface area contributed by atoms with Crippen LogP contribution in [0, 0.1) is 6.92 Å². The summed E-state index contributed by atoms with van der Waals surface area (Å²) in [5.41, 5.74) is 7.36. The van der Waals surface area contributed by atoms with Crippen LogP contribution in [0.3, 0.4) is 0 Å². The van der Waals surface area contributed by atoms with E-state index in [1.54, 1.807) is 12.1 Å². The first-order chi connectivity index (χ1) is 12.0. The molecule has 0 aliphatic rings. The van der Waals surface area contributed by atoms with E-state index in [1.807, 2.05) is 43.3 Å². The molecular formula is C20H24N2O3. The first-order valence-electron chi connectivity index (χ1n) is 8.38. The van der Waals surface area contributed by atoms with Crippen LogP contribution in [0.1, 0.15) is 47.7 Å². The molecule has 0 radical (unpaired) electrons. The minimum Gasteiger partial charge on any atom is -0.483 e. The molecule has 0 aliphatic heterocycles. The van der Waals surface area contributed by atoms with E-state index in [4.69, 9.17) is 4.74 Å². The van der Waals surface area contributed by atoms with E-state index in [0.717, 1.165) is 17.5 Å². The molecule has 0 bridgehead atoms. The fraction of sp³-hybridized carbons (Fsp3) is 0.300. The van der Waals surface area contributed by atoms with Gasteiger partial charge in [-0.1, -0.05) is 49.7 Å². The molecule has 2 N–H and O–H groups in total. The van der Waals surface area contributed by atoms with Crippen molar-refractivity contribution >= 4 is 11.8 Å². The number of ether oxygens (including phenoxy) is 1. The van der Waals surface area contributed by atoms with Crippen molar-refractivity contribution in [3.8, 4) is 5.75 Å². The summed E-state index contributed by atoms with van der Waals surface area (Å²) >= 11 is 0. The minimum absolute atomic E-state index is 0.165. The summed E-state index contributed by atoms with van der Waals surface area (Å²) in [7, 11) is 0. The molecule has 0 heterocycles. The lowest BCUT2D eigenvalue weighted by molar-refractivity contribution is -0.123. The summed E-state index contributed by atoms with van der Waals surface area (Å²) in [6.45, 7) is 6.00. The predicted molar refractivity (Wildman–Crippen MR) is 97.4 cm³/mol. The lowest BCUT2D eigenvalue weighted by atomic mass is 9.98. The Morgan fingerprint density at radius 3 is 2.40 bits per heavy atom. The van der Waals surface area contributed by atoms with Gasteiger partial charge in [-0.05, 0) is 43.0 Å². The molecule has 2 rings (SSSR count). The van der Waals surface area contributed by atoms with Crippen LogP contribution in [0.4, 0.5) is 0 Å². The molecule has 0 saturated heterocycles. The Morgan fingerprint density at radius 2 is 1.72 bits per heavy atom. The summed E-state index contributed by atoms with van der Waals surface area (Å²) in [4.78, 5) is 23.9. The third kappa shape index (κ3) is 5.35. The van der Waals surface area contributed by atoms with Crippen molar-refractivity contribution in [2.45, 2.75) is 33.1 Å². The van der Waals surface area contributed by atoms with Crippen molar-refractivity contribution in [1.82, 2.24) is 10.9 Å². The number of carbonyl (C=O) groups excluding carboxylic acids is 2. The molecule has 2 amide bonds. The lowest BCUT2D eigenvalue weighted by Gasteiger charge is -2.15. The zero-order valence-electron chi connectivity index (χ0n) is 14.8. The van der Waals surface area contributed by atoms with E-state index in [9.17, 15) is 9.59 Å². The highest BCUT2D eigenvalue weighted by Crippen LogP contribution is 2.28. The number of hydrogen-bond donors (Lipinski definition) is 2. The van der Waals surface area contributed by atoms with Crippen molar-refractivity contribution in [2.75, 3.05) is 6.61 Å². The number of hydrogen-bond acceptors (Lipinski definition) is 3. The molecule has 5 nitrogen and oxygen atoms in total. The lowest BCUT2D eigenvalue weighted by Crippen LogP contribution is -2.43. The Bertz CT molecular complexity index is 726. The van der Waals surface area contributed by atoms with Gasteiger partial charge in [0, 0.05) is 5.56 Å². The minimum atomic E-state index is -0.417. The zero-order chi connectivity index (χ0) is 18.2. The van der Waals surface area contributed by atoms with Crippen LogP contribution < -0.4 is 15.6 Å². The van der Waals surface area contributed by atoms with Gasteiger partial charge < -0.3 is 4.74 Å². The van der Waals surface area contributed by atoms with Gasteiger partial charge in [0.15, 0.2) is 6.61 Å². The molecule has 2 aromatic rings. The molecule has 0 saturated carbocycles. The largest absolute Gasteiger partial charge is 0.483 e. The van der Waals surface area contributed by atoms with Crippen molar-refractivity contribution in [2.24, 2.45) is 0 Å². The third-order valence-electron chi connectivity index (χ3n) is 4.05. The fourth-order valence-corrected chi connectivity index (χ4v) is 2.32. The second kappa shape index (κ2) is 8.87. The van der Waals surface area contributed by atoms with E-state index in [1.165, 1.54) is 0 Å². The van der Waals surface area contributed by atoms with Crippen LogP contribution in [0.2, 0.25) is 0 Å². The van der Waals surface area contributed by atoms with Gasteiger partial charge in [-0.2, -0.15) is 0 Å². The van der Waals surface area contributed by atoms with Gasteiger partial charge in [-0.3, -0.25) is 20.4 Å². The van der Waals surface area contributed by atoms with Gasteiger partial charge >= 0.3 is 0 Å². The highest BCUT2D eigenvalue weighted by Gasteiger charge is 2.12. The van der Waals surface area contributed by atoms with E-state index in [2.05, 4.69) is 24.7 Å². The van der Waals surface area contributed by atoms with Crippen LogP contribution in [0.15, 0.2) is 48.5 Å². The molecule has 1 unspecified atom stereocenters. The number of nitrogens with one attached hydrogen (secondary N) is 2. The molecule has 5 heteroatoms. The quantitative estimate of drug-likeness (QED) is 0.793. The van der Waals surface area contributed by atoms with Gasteiger partial charge in [0.05, 0.1) is 0 Å². The smallest absolute Gasteiger partial charge is 0.276 e. The van der Waals surface area contributed by atoms with E-state index in [0.29, 0.717) is 17.2 Å². The molecule has 0 fully saturated rings. The summed E-state index contributed by atoms with van der Waals surface area (Å²) in [5.74, 6) is 0.255. The predicted octanol–water partition coefficient (Wildman–Crippen LogP) is 3.35. The summed E-state index contributed by atoms with van der Waals surface area (Å²) < 4.78 is 5.61. The summed E-state index contributed by atoms with van der Waals surface area (Å²) in [6, 6.07) is 14.8. The van der Waals surface area contributed by atoms with Crippen molar-refractivity contribution in [3.05, 3.63) is 65.2 Å². The van der Waals surface area contributed by atoms with Crippen molar-refractivity contribution in [3.63, 3.8) is 0 Å². The molecule has 2 aromatic carbocycles. The first-order valence-corrected chi connectivity index (χ1v) is 8.38. The maximum atomic E-state index is 12.0. The second-order valence-electron chi connectivity index (χ2n) is 6.00. The average molecular weight is 340 g/mol. The first kappa shape index (κ1) is 18.5. The number of para-hydroxylation sites is 1. The summed E-state index contributed by atoms with van der Waals surface area (Å²) in [6.07, 6.45) is 0.985. The molecule has 132 valence electrons. The van der Waals surface area contributed by atoms with Crippen LogP contribution in [-0.4, -0.2) is 18.4 Å². The van der Waals surface area contributed by atoms with Crippen molar-refractivity contribution < 1.29 is 14.3 Å². The Kier molecular flexibility index (Phi) is 6.57. The van der Waals surface area contributed by atoms with E-state index >= 15 is 0 Å². The average Bonchev–Trinajstić information content (AvgIpc) is 2.64. The zero-order valence-corrected chi connectivity index (χ0v) is 14.8. The molecule has 0 spiro atoms. The maximum absolute atomic E-state index is 12.0. The monoisotopic (exact) mass is 340 g/mol. The molecule has 25 heavy (non-hydrogen) atoms. The normalized spacial score (nSPS) is 11.5. The maximum Gasteiger partial charge on any atom is 0.276 e. The Morgan fingerprint density at radius 1 is 1.04 bits per heavy atom. The van der Waals surface area contributed by atoms with Gasteiger partial charge in [-0.25, -0.2) is 0 Å². The highest BCUT2D eigenvalue weighted by molar-refractivity contribution is 5.95. The Labute approximate surface area is 148 Å². The number of benzene rings is 2. The number of rotatable bonds is 6. The van der Waals surface area contributed by atoms with Crippen LogP contribution in [0.5, 0.6) is 5.75 Å². The molecule has 0 aliphatic carbocycles. The topological polar surface area (TPSA) is 67.4 Å². The van der Waals surface area contributed by atoms with Crippen LogP contribution in [0.25, 0.3) is 0 Å². The summed E-state index contributed by atoms with van der Waals surface area (Å²) in [5, 5.41) is 0. The third-order valence-corrected chi connectivity index (χ3v) is 4.05. The number of hydrazine groups is 1. The fourth-order valence-electron chi connectivity index (χ4n) is 2.32. The Hall–Kier alpha value is -2.82. The number of aryl methyl sites for hydroxylation is 1.